The van der Waals surface area contributed by atoms with Crippen molar-refractivity contribution in [3.8, 4) is 0 Å². The van der Waals surface area contributed by atoms with E-state index in [1.165, 1.54) is 36.2 Å². The molecule has 0 amide bonds. The number of nitrogens with zero attached hydrogens (tertiary/aromatic N) is 1. The van der Waals surface area contributed by atoms with Gasteiger partial charge in [0.1, 0.15) is 6.54 Å². The smallest absolute Gasteiger partial charge is 0.154 e. The molecule has 0 aromatic heterocycles. The first-order chi connectivity index (χ1) is 14.9. The number of carboxylic acids is 1. The molecule has 0 bridgehead atoms. The third-order valence-corrected chi connectivity index (χ3v) is 6.05. The van der Waals surface area contributed by atoms with Gasteiger partial charge in [0, 0.05) is 5.56 Å². The van der Waals surface area contributed by atoms with Crippen LogP contribution in [0.15, 0.2) is 91.0 Å². The predicted molar refractivity (Wildman–Crippen MR) is 123 cm³/mol. The Balaban J connectivity index is 0.000000225. The van der Waals surface area contributed by atoms with E-state index in [1.807, 2.05) is 0 Å². The highest BCUT2D eigenvalue weighted by atomic mass is 16.4. The Kier molecular flexibility index (Phi) is 8.98. The normalized spacial score (nSPS) is 11.4. The molecule has 0 aliphatic rings. The maximum Gasteiger partial charge on any atom is 0.154 e. The maximum absolute atomic E-state index is 11.3. The molecule has 0 saturated heterocycles. The zero-order chi connectivity index (χ0) is 22.7. The monoisotopic (exact) mass is 419 g/mol. The first-order valence-electron chi connectivity index (χ1n) is 10.9. The summed E-state index contributed by atoms with van der Waals surface area (Å²) in [6.07, 6.45) is 0. The van der Waals surface area contributed by atoms with Gasteiger partial charge >= 0.3 is 0 Å². The van der Waals surface area contributed by atoms with Gasteiger partial charge in [-0.15, -0.1) is 0 Å². The largest absolute Gasteiger partial charge is 0.546 e. The van der Waals surface area contributed by atoms with Crippen molar-refractivity contribution in [1.82, 2.24) is 0 Å². The molecule has 0 saturated carbocycles. The molecule has 0 fully saturated rings. The molecule has 1 N–H and O–H groups in total. The summed E-state index contributed by atoms with van der Waals surface area (Å²) in [7, 11) is 0. The van der Waals surface area contributed by atoms with Crippen LogP contribution in [0.3, 0.4) is 0 Å². The summed E-state index contributed by atoms with van der Waals surface area (Å²) < 4.78 is 1.20. The summed E-state index contributed by atoms with van der Waals surface area (Å²) >= 11 is 0. The fraction of sp³-hybridized carbons (Fsp3) is 0.296. The number of carbonyl (C=O) groups is 1. The van der Waals surface area contributed by atoms with E-state index in [1.54, 1.807) is 60.7 Å². The molecule has 3 aromatic carbocycles. The number of aliphatic hydroxyl groups is 1. The lowest BCUT2D eigenvalue weighted by Gasteiger charge is -2.35. The number of aliphatic carboxylic acids is 1. The number of hydrogen-bond donors (Lipinski definition) is 1. The maximum atomic E-state index is 11.3. The summed E-state index contributed by atoms with van der Waals surface area (Å²) in [5.41, 5.74) is -0.0850. The van der Waals surface area contributed by atoms with Gasteiger partial charge in [0.05, 0.1) is 25.6 Å². The molecule has 3 aromatic rings. The fourth-order valence-electron chi connectivity index (χ4n) is 3.74. The average molecular weight is 420 g/mol. The van der Waals surface area contributed by atoms with Crippen LogP contribution in [0.2, 0.25) is 0 Å². The van der Waals surface area contributed by atoms with Crippen LogP contribution in [0.1, 0.15) is 37.5 Å². The molecule has 4 heteroatoms. The van der Waals surface area contributed by atoms with Crippen LogP contribution in [0, 0.1) is 0 Å². The second-order valence-corrected chi connectivity index (χ2v) is 7.66. The summed E-state index contributed by atoms with van der Waals surface area (Å²) in [5, 5.41) is 21.6. The van der Waals surface area contributed by atoms with Crippen molar-refractivity contribution in [3.63, 3.8) is 0 Å². The molecule has 31 heavy (non-hydrogen) atoms. The standard InChI is InChI=1S/C14H12O3.C13H22N/c15-13(16)14(17,11-7-3-1-4-8-11)12-9-5-2-6-10-12;1-4-14(5-2,6-3)12-13-10-8-7-9-11-13/h1-10,17H,(H,15,16);7-11H,4-6,12H2,1-3H3/q;+1/p-1. The molecule has 164 valence electrons. The highest BCUT2D eigenvalue weighted by Gasteiger charge is 2.32. The Morgan fingerprint density at radius 2 is 1.10 bits per heavy atom. The second kappa shape index (κ2) is 11.4. The van der Waals surface area contributed by atoms with Crippen molar-refractivity contribution in [2.24, 2.45) is 0 Å². The summed E-state index contributed by atoms with van der Waals surface area (Å²) in [6.45, 7) is 11.7. The summed E-state index contributed by atoms with van der Waals surface area (Å²) in [5.74, 6) is -1.53. The first-order valence-corrected chi connectivity index (χ1v) is 10.9. The van der Waals surface area contributed by atoms with E-state index in [4.69, 9.17) is 0 Å². The van der Waals surface area contributed by atoms with Gasteiger partial charge in [0.15, 0.2) is 5.60 Å². The predicted octanol–water partition coefficient (Wildman–Crippen LogP) is 3.74. The molecule has 0 spiro atoms. The highest BCUT2D eigenvalue weighted by Crippen LogP contribution is 2.28. The van der Waals surface area contributed by atoms with Gasteiger partial charge in [-0.25, -0.2) is 0 Å². The zero-order valence-electron chi connectivity index (χ0n) is 18.7. The number of benzene rings is 3. The van der Waals surface area contributed by atoms with Crippen LogP contribution in [0.4, 0.5) is 0 Å². The molecule has 4 nitrogen and oxygen atoms in total. The highest BCUT2D eigenvalue weighted by molar-refractivity contribution is 5.81. The van der Waals surface area contributed by atoms with E-state index < -0.39 is 11.6 Å². The van der Waals surface area contributed by atoms with E-state index in [0.717, 1.165) is 0 Å². The molecule has 0 radical (unpaired) electrons. The Labute approximate surface area is 186 Å². The van der Waals surface area contributed by atoms with Crippen LogP contribution in [-0.2, 0) is 16.9 Å². The van der Waals surface area contributed by atoms with Gasteiger partial charge in [0.2, 0.25) is 0 Å². The minimum atomic E-state index is -2.11. The first kappa shape index (κ1) is 24.3. The molecule has 0 unspecified atom stereocenters. The van der Waals surface area contributed by atoms with E-state index in [2.05, 4.69) is 51.1 Å². The number of carboxylic acid groups (broad SMARTS) is 1. The molecule has 0 heterocycles. The van der Waals surface area contributed by atoms with Crippen molar-refractivity contribution in [1.29, 1.82) is 0 Å². The number of rotatable bonds is 8. The van der Waals surface area contributed by atoms with Gasteiger partial charge < -0.3 is 19.5 Å². The van der Waals surface area contributed by atoms with E-state index in [9.17, 15) is 15.0 Å². The summed E-state index contributed by atoms with van der Waals surface area (Å²) in [6, 6.07) is 27.2. The van der Waals surface area contributed by atoms with Crippen molar-refractivity contribution in [3.05, 3.63) is 108 Å². The van der Waals surface area contributed by atoms with Crippen LogP contribution in [0.5, 0.6) is 0 Å². The Morgan fingerprint density at radius 3 is 1.42 bits per heavy atom. The molecule has 0 atom stereocenters. The van der Waals surface area contributed by atoms with E-state index in [-0.39, 0.29) is 11.1 Å². The minimum absolute atomic E-state index is 0.284. The number of quaternary nitrogens is 1. The lowest BCUT2D eigenvalue weighted by atomic mass is 9.86. The Hall–Kier alpha value is -2.95. The quantitative estimate of drug-likeness (QED) is 0.566. The molecule has 3 rings (SSSR count). The lowest BCUT2D eigenvalue weighted by molar-refractivity contribution is -0.936. The molecular weight excluding hydrogens is 386 g/mol. The lowest BCUT2D eigenvalue weighted by Crippen LogP contribution is -2.46. The second-order valence-electron chi connectivity index (χ2n) is 7.66. The van der Waals surface area contributed by atoms with Gasteiger partial charge in [-0.2, -0.15) is 0 Å². The van der Waals surface area contributed by atoms with Crippen molar-refractivity contribution >= 4 is 5.97 Å². The van der Waals surface area contributed by atoms with Crippen LogP contribution in [-0.4, -0.2) is 35.2 Å². The number of carbonyl (C=O) groups excluding carboxylic acids is 1. The van der Waals surface area contributed by atoms with Crippen LogP contribution >= 0.6 is 0 Å². The SMILES string of the molecule is CC[N+](CC)(CC)Cc1ccccc1.O=C([O-])C(O)(c1ccccc1)c1ccccc1. The minimum Gasteiger partial charge on any atom is -0.546 e. The van der Waals surface area contributed by atoms with Gasteiger partial charge in [-0.1, -0.05) is 91.0 Å². The van der Waals surface area contributed by atoms with Gasteiger partial charge in [-0.05, 0) is 31.9 Å². The van der Waals surface area contributed by atoms with E-state index in [0.29, 0.717) is 0 Å². The molecular formula is C27H33NO3. The topological polar surface area (TPSA) is 60.4 Å². The Bertz CT molecular complexity index is 859. The molecule has 0 aliphatic heterocycles. The third kappa shape index (κ3) is 6.03. The zero-order valence-corrected chi connectivity index (χ0v) is 18.7. The van der Waals surface area contributed by atoms with Crippen LogP contribution in [0.25, 0.3) is 0 Å². The van der Waals surface area contributed by atoms with Crippen molar-refractivity contribution < 1.29 is 19.5 Å². The fourth-order valence-corrected chi connectivity index (χ4v) is 3.74. The van der Waals surface area contributed by atoms with Gasteiger partial charge in [0.25, 0.3) is 0 Å². The van der Waals surface area contributed by atoms with Crippen LogP contribution < -0.4 is 5.11 Å². The summed E-state index contributed by atoms with van der Waals surface area (Å²) in [4.78, 5) is 11.3. The Morgan fingerprint density at radius 1 is 0.742 bits per heavy atom. The van der Waals surface area contributed by atoms with Gasteiger partial charge in [-0.3, -0.25) is 0 Å². The third-order valence-electron chi connectivity index (χ3n) is 6.05. The molecule has 0 aliphatic carbocycles. The van der Waals surface area contributed by atoms with Crippen molar-refractivity contribution in [2.45, 2.75) is 32.9 Å². The number of hydrogen-bond acceptors (Lipinski definition) is 3. The average Bonchev–Trinajstić information content (AvgIpc) is 2.84. The van der Waals surface area contributed by atoms with Crippen molar-refractivity contribution in [2.75, 3.05) is 19.6 Å². The van der Waals surface area contributed by atoms with E-state index >= 15 is 0 Å².